The first-order valence-corrected chi connectivity index (χ1v) is 7.06. The lowest BCUT2D eigenvalue weighted by Crippen LogP contribution is -2.34. The molecule has 3 N–H and O–H groups in total. The van der Waals surface area contributed by atoms with Crippen LogP contribution in [0.25, 0.3) is 0 Å². The first kappa shape index (κ1) is 13.5. The van der Waals surface area contributed by atoms with E-state index in [0.29, 0.717) is 22.1 Å². The Labute approximate surface area is 121 Å². The second-order valence-corrected chi connectivity index (χ2v) is 5.75. The summed E-state index contributed by atoms with van der Waals surface area (Å²) in [6.45, 7) is 0. The molecule has 1 aromatic carbocycles. The van der Waals surface area contributed by atoms with E-state index in [1.807, 2.05) is 0 Å². The number of rotatable bonds is 3. The molecule has 0 amide bonds. The van der Waals surface area contributed by atoms with Crippen LogP contribution in [0.1, 0.15) is 43.7 Å². The zero-order valence-electron chi connectivity index (χ0n) is 10.9. The largest absolute Gasteiger partial charge is 0.481 e. The minimum Gasteiger partial charge on any atom is -0.481 e. The van der Waals surface area contributed by atoms with Gasteiger partial charge >= 0.3 is 5.97 Å². The van der Waals surface area contributed by atoms with Crippen LogP contribution in [0, 0.1) is 0 Å². The molecule has 1 fully saturated rings. The molecule has 2 aliphatic rings. The molecule has 5 nitrogen and oxygen atoms in total. The second-order valence-electron chi connectivity index (χ2n) is 5.35. The second kappa shape index (κ2) is 4.82. The van der Waals surface area contributed by atoms with Crippen LogP contribution in [0.3, 0.4) is 0 Å². The van der Waals surface area contributed by atoms with Gasteiger partial charge in [0.1, 0.15) is 0 Å². The van der Waals surface area contributed by atoms with Gasteiger partial charge in [0.25, 0.3) is 5.79 Å². The fourth-order valence-electron chi connectivity index (χ4n) is 2.83. The number of aliphatic carboxylic acids is 1. The highest BCUT2D eigenvalue weighted by Crippen LogP contribution is 2.48. The highest BCUT2D eigenvalue weighted by Gasteiger charge is 2.44. The molecule has 1 aromatic rings. The highest BCUT2D eigenvalue weighted by atomic mass is 35.5. The summed E-state index contributed by atoms with van der Waals surface area (Å²) in [5.74, 6) is -0.296. The first-order valence-electron chi connectivity index (χ1n) is 6.68. The highest BCUT2D eigenvalue weighted by molar-refractivity contribution is 6.31. The van der Waals surface area contributed by atoms with E-state index in [4.69, 9.17) is 31.9 Å². The van der Waals surface area contributed by atoms with Gasteiger partial charge in [0.2, 0.25) is 0 Å². The van der Waals surface area contributed by atoms with Crippen LogP contribution in [0.5, 0.6) is 11.5 Å². The van der Waals surface area contributed by atoms with Gasteiger partial charge in [-0.05, 0) is 24.5 Å². The lowest BCUT2D eigenvalue weighted by atomic mass is 10.0. The van der Waals surface area contributed by atoms with Crippen LogP contribution in [-0.4, -0.2) is 16.9 Å². The molecule has 0 aromatic heterocycles. The summed E-state index contributed by atoms with van der Waals surface area (Å²) < 4.78 is 11.8. The van der Waals surface area contributed by atoms with Crippen molar-refractivity contribution in [1.82, 2.24) is 0 Å². The number of hydrogen-bond acceptors (Lipinski definition) is 4. The van der Waals surface area contributed by atoms with Gasteiger partial charge < -0.3 is 20.3 Å². The van der Waals surface area contributed by atoms with Crippen LogP contribution in [0.15, 0.2) is 12.1 Å². The van der Waals surface area contributed by atoms with Crippen molar-refractivity contribution in [3.05, 3.63) is 22.7 Å². The van der Waals surface area contributed by atoms with Crippen LogP contribution in [0.4, 0.5) is 0 Å². The smallest absolute Gasteiger partial charge is 0.305 e. The maximum absolute atomic E-state index is 10.8. The Hall–Kier alpha value is -1.46. The topological polar surface area (TPSA) is 81.8 Å². The van der Waals surface area contributed by atoms with Crippen LogP contribution in [-0.2, 0) is 4.79 Å². The molecule has 3 rings (SSSR count). The molecule has 1 unspecified atom stereocenters. The number of carboxylic acids is 1. The van der Waals surface area contributed by atoms with E-state index in [2.05, 4.69) is 0 Å². The normalized spacial score (nSPS) is 20.3. The third kappa shape index (κ3) is 2.31. The quantitative estimate of drug-likeness (QED) is 0.896. The molecule has 20 heavy (non-hydrogen) atoms. The van der Waals surface area contributed by atoms with Gasteiger partial charge in [-0.15, -0.1) is 0 Å². The molecular weight excluding hydrogens is 282 g/mol. The monoisotopic (exact) mass is 297 g/mol. The molecule has 1 aliphatic carbocycles. The summed E-state index contributed by atoms with van der Waals surface area (Å²) in [6, 6.07) is 2.72. The Bertz CT molecular complexity index is 554. The molecule has 108 valence electrons. The standard InChI is InChI=1S/C14H16ClNO4/c15-9-6-12-11(5-8(9)10(16)7-13(17)18)19-14(20-12)3-1-2-4-14/h5-6,10H,1-4,7,16H2,(H,17,18). The van der Waals surface area contributed by atoms with Gasteiger partial charge in [-0.25, -0.2) is 0 Å². The third-order valence-electron chi connectivity index (χ3n) is 3.81. The number of carboxylic acid groups (broad SMARTS) is 1. The van der Waals surface area contributed by atoms with Crippen molar-refractivity contribution in [2.45, 2.75) is 43.9 Å². The van der Waals surface area contributed by atoms with Crippen molar-refractivity contribution < 1.29 is 19.4 Å². The van der Waals surface area contributed by atoms with Gasteiger partial charge in [0.15, 0.2) is 11.5 Å². The fourth-order valence-corrected chi connectivity index (χ4v) is 3.13. The third-order valence-corrected chi connectivity index (χ3v) is 4.14. The maximum atomic E-state index is 10.8. The van der Waals surface area contributed by atoms with Gasteiger partial charge in [-0.3, -0.25) is 4.79 Å². The Morgan fingerprint density at radius 1 is 1.35 bits per heavy atom. The van der Waals surface area contributed by atoms with E-state index in [1.165, 1.54) is 0 Å². The van der Waals surface area contributed by atoms with Gasteiger partial charge in [-0.1, -0.05) is 11.6 Å². The zero-order valence-corrected chi connectivity index (χ0v) is 11.7. The summed E-state index contributed by atoms with van der Waals surface area (Å²) in [7, 11) is 0. The van der Waals surface area contributed by atoms with Crippen LogP contribution in [0.2, 0.25) is 5.02 Å². The Kier molecular flexibility index (Phi) is 3.26. The molecule has 1 saturated carbocycles. The van der Waals surface area contributed by atoms with Gasteiger partial charge in [-0.2, -0.15) is 0 Å². The van der Waals surface area contributed by atoms with Crippen molar-refractivity contribution in [2.24, 2.45) is 5.73 Å². The number of nitrogens with two attached hydrogens (primary N) is 1. The number of halogens is 1. The number of benzene rings is 1. The number of hydrogen-bond donors (Lipinski definition) is 2. The molecule has 1 heterocycles. The van der Waals surface area contributed by atoms with Crippen molar-refractivity contribution in [1.29, 1.82) is 0 Å². The molecule has 0 radical (unpaired) electrons. The van der Waals surface area contributed by atoms with E-state index in [0.717, 1.165) is 25.7 Å². The molecule has 1 aliphatic heterocycles. The van der Waals surface area contributed by atoms with Crippen molar-refractivity contribution in [3.8, 4) is 11.5 Å². The number of carbonyl (C=O) groups is 1. The predicted octanol–water partition coefficient (Wildman–Crippen LogP) is 2.86. The maximum Gasteiger partial charge on any atom is 0.305 e. The lowest BCUT2D eigenvalue weighted by Gasteiger charge is -2.21. The molecule has 1 atom stereocenters. The predicted molar refractivity (Wildman–Crippen MR) is 73.1 cm³/mol. The zero-order chi connectivity index (χ0) is 14.3. The average molecular weight is 298 g/mol. The van der Waals surface area contributed by atoms with E-state index in [1.54, 1.807) is 12.1 Å². The molecule has 1 spiro atoms. The Morgan fingerprint density at radius 2 is 1.95 bits per heavy atom. The van der Waals surface area contributed by atoms with Crippen LogP contribution < -0.4 is 15.2 Å². The lowest BCUT2D eigenvalue weighted by molar-refractivity contribution is -0.137. The SMILES string of the molecule is NC(CC(=O)O)c1cc2c(cc1Cl)OC1(CCCC1)O2. The molecule has 0 saturated heterocycles. The molecule has 0 bridgehead atoms. The summed E-state index contributed by atoms with van der Waals surface area (Å²) in [4.78, 5) is 10.8. The summed E-state index contributed by atoms with van der Waals surface area (Å²) in [5.41, 5.74) is 6.45. The molecular formula is C14H16ClNO4. The van der Waals surface area contributed by atoms with E-state index in [9.17, 15) is 4.79 Å². The number of fused-ring (bicyclic) bond motifs is 1. The number of ether oxygens (including phenoxy) is 2. The minimum atomic E-state index is -0.960. The summed E-state index contributed by atoms with van der Waals surface area (Å²) in [6.07, 6.45) is 3.69. The van der Waals surface area contributed by atoms with Gasteiger partial charge in [0.05, 0.1) is 6.42 Å². The van der Waals surface area contributed by atoms with E-state index < -0.39 is 17.8 Å². The van der Waals surface area contributed by atoms with Gasteiger partial charge in [0, 0.05) is 30.0 Å². The van der Waals surface area contributed by atoms with E-state index in [-0.39, 0.29) is 6.42 Å². The Balaban J connectivity index is 1.88. The summed E-state index contributed by atoms with van der Waals surface area (Å²) >= 11 is 6.17. The minimum absolute atomic E-state index is 0.176. The van der Waals surface area contributed by atoms with Crippen molar-refractivity contribution in [2.75, 3.05) is 0 Å². The molecule has 6 heteroatoms. The first-order chi connectivity index (χ1) is 9.49. The van der Waals surface area contributed by atoms with Crippen molar-refractivity contribution >= 4 is 17.6 Å². The van der Waals surface area contributed by atoms with Crippen molar-refractivity contribution in [3.63, 3.8) is 0 Å². The fraction of sp³-hybridized carbons (Fsp3) is 0.500. The van der Waals surface area contributed by atoms with Crippen LogP contribution >= 0.6 is 11.6 Å². The summed E-state index contributed by atoms with van der Waals surface area (Å²) in [5, 5.41) is 9.23. The van der Waals surface area contributed by atoms with E-state index >= 15 is 0 Å². The Morgan fingerprint density at radius 3 is 2.55 bits per heavy atom. The average Bonchev–Trinajstić information content (AvgIpc) is 2.94.